The van der Waals surface area contributed by atoms with E-state index in [1.807, 2.05) is 0 Å². The summed E-state index contributed by atoms with van der Waals surface area (Å²) in [5.74, 6) is 1.98. The number of aromatic nitrogens is 1. The van der Waals surface area contributed by atoms with Crippen molar-refractivity contribution in [2.45, 2.75) is 51.7 Å². The summed E-state index contributed by atoms with van der Waals surface area (Å²) < 4.78 is 5.44. The van der Waals surface area contributed by atoms with Crippen molar-refractivity contribution < 1.29 is 4.52 Å². The third-order valence-electron chi connectivity index (χ3n) is 3.78. The molecule has 1 aromatic rings. The van der Waals surface area contributed by atoms with Crippen LogP contribution >= 0.6 is 0 Å². The maximum Gasteiger partial charge on any atom is 0.151 e. The fourth-order valence-electron chi connectivity index (χ4n) is 2.38. The molecule has 2 fully saturated rings. The SMILES string of the molecule is CCNCc1cc(CN(CC2CC2)C2CC2)on1. The van der Waals surface area contributed by atoms with Gasteiger partial charge < -0.3 is 9.84 Å². The van der Waals surface area contributed by atoms with Gasteiger partial charge in [0.1, 0.15) is 0 Å². The zero-order chi connectivity index (χ0) is 12.4. The summed E-state index contributed by atoms with van der Waals surface area (Å²) in [6.07, 6.45) is 5.58. The van der Waals surface area contributed by atoms with Gasteiger partial charge in [-0.25, -0.2) is 0 Å². The first-order chi connectivity index (χ1) is 8.85. The molecule has 2 aliphatic carbocycles. The Morgan fingerprint density at radius 1 is 1.39 bits per heavy atom. The Bertz CT molecular complexity index is 382. The largest absolute Gasteiger partial charge is 0.360 e. The van der Waals surface area contributed by atoms with Crippen LogP contribution in [0.25, 0.3) is 0 Å². The average molecular weight is 249 g/mol. The van der Waals surface area contributed by atoms with Gasteiger partial charge >= 0.3 is 0 Å². The van der Waals surface area contributed by atoms with Gasteiger partial charge in [0.25, 0.3) is 0 Å². The van der Waals surface area contributed by atoms with E-state index in [-0.39, 0.29) is 0 Å². The minimum Gasteiger partial charge on any atom is -0.360 e. The van der Waals surface area contributed by atoms with Gasteiger partial charge in [0, 0.05) is 25.2 Å². The predicted octanol–water partition coefficient (Wildman–Crippen LogP) is 2.16. The highest BCUT2D eigenvalue weighted by atomic mass is 16.5. The van der Waals surface area contributed by atoms with Crippen LogP contribution in [0.3, 0.4) is 0 Å². The van der Waals surface area contributed by atoms with Crippen LogP contribution in [-0.2, 0) is 13.1 Å². The number of nitrogens with zero attached hydrogens (tertiary/aromatic N) is 2. The standard InChI is InChI=1S/C14H23N3O/c1-2-15-8-12-7-14(18-16-12)10-17(13-5-6-13)9-11-3-4-11/h7,11,13,15H,2-6,8-10H2,1H3. The van der Waals surface area contributed by atoms with Crippen molar-refractivity contribution in [3.05, 3.63) is 17.5 Å². The van der Waals surface area contributed by atoms with Gasteiger partial charge in [0.05, 0.1) is 12.2 Å². The highest BCUT2D eigenvalue weighted by Crippen LogP contribution is 2.35. The lowest BCUT2D eigenvalue weighted by molar-refractivity contribution is 0.213. The van der Waals surface area contributed by atoms with Crippen LogP contribution in [0.15, 0.2) is 10.6 Å². The third kappa shape index (κ3) is 3.33. The van der Waals surface area contributed by atoms with Crippen molar-refractivity contribution in [1.82, 2.24) is 15.4 Å². The molecule has 0 spiro atoms. The van der Waals surface area contributed by atoms with Crippen LogP contribution < -0.4 is 5.32 Å². The molecule has 1 N–H and O–H groups in total. The lowest BCUT2D eigenvalue weighted by Crippen LogP contribution is -2.27. The summed E-state index contributed by atoms with van der Waals surface area (Å²) in [7, 11) is 0. The molecule has 2 aliphatic rings. The molecule has 4 nitrogen and oxygen atoms in total. The Hall–Kier alpha value is -0.870. The molecular weight excluding hydrogens is 226 g/mol. The van der Waals surface area contributed by atoms with Gasteiger partial charge in [0.15, 0.2) is 5.76 Å². The smallest absolute Gasteiger partial charge is 0.151 e. The maximum atomic E-state index is 5.44. The molecular formula is C14H23N3O. The number of hydrogen-bond acceptors (Lipinski definition) is 4. The van der Waals surface area contributed by atoms with E-state index in [2.05, 4.69) is 28.4 Å². The van der Waals surface area contributed by atoms with Crippen LogP contribution in [0.2, 0.25) is 0 Å². The molecule has 0 amide bonds. The second-order valence-corrected chi connectivity index (χ2v) is 5.67. The Labute approximate surface area is 109 Å². The molecule has 0 saturated heterocycles. The van der Waals surface area contributed by atoms with Crippen LogP contribution in [0.4, 0.5) is 0 Å². The molecule has 0 unspecified atom stereocenters. The summed E-state index contributed by atoms with van der Waals surface area (Å²) in [6, 6.07) is 2.92. The predicted molar refractivity (Wildman–Crippen MR) is 70.0 cm³/mol. The minimum atomic E-state index is 0.812. The molecule has 3 rings (SSSR count). The highest BCUT2D eigenvalue weighted by Gasteiger charge is 2.34. The number of hydrogen-bond donors (Lipinski definition) is 1. The quantitative estimate of drug-likeness (QED) is 0.766. The van der Waals surface area contributed by atoms with Crippen molar-refractivity contribution in [3.63, 3.8) is 0 Å². The Balaban J connectivity index is 1.54. The van der Waals surface area contributed by atoms with Gasteiger partial charge in [0.2, 0.25) is 0 Å². The highest BCUT2D eigenvalue weighted by molar-refractivity contribution is 5.06. The number of rotatable bonds is 8. The van der Waals surface area contributed by atoms with Crippen molar-refractivity contribution in [1.29, 1.82) is 0 Å². The van der Waals surface area contributed by atoms with Crippen LogP contribution in [0.5, 0.6) is 0 Å². The van der Waals surface area contributed by atoms with E-state index in [1.165, 1.54) is 32.2 Å². The summed E-state index contributed by atoms with van der Waals surface area (Å²) in [6.45, 7) is 6.09. The second kappa shape index (κ2) is 5.41. The van der Waals surface area contributed by atoms with E-state index in [0.717, 1.165) is 43.0 Å². The van der Waals surface area contributed by atoms with Gasteiger partial charge in [-0.2, -0.15) is 0 Å². The molecule has 0 aromatic carbocycles. The summed E-state index contributed by atoms with van der Waals surface area (Å²) >= 11 is 0. The van der Waals surface area contributed by atoms with E-state index in [9.17, 15) is 0 Å². The van der Waals surface area contributed by atoms with E-state index in [4.69, 9.17) is 4.52 Å². The molecule has 100 valence electrons. The zero-order valence-electron chi connectivity index (χ0n) is 11.2. The molecule has 0 atom stereocenters. The molecule has 4 heteroatoms. The lowest BCUT2D eigenvalue weighted by Gasteiger charge is -2.19. The topological polar surface area (TPSA) is 41.3 Å². The second-order valence-electron chi connectivity index (χ2n) is 5.67. The normalized spacial score (nSPS) is 19.7. The van der Waals surface area contributed by atoms with Crippen LogP contribution in [-0.4, -0.2) is 29.2 Å². The molecule has 2 saturated carbocycles. The van der Waals surface area contributed by atoms with Gasteiger partial charge in [-0.15, -0.1) is 0 Å². The fourth-order valence-corrected chi connectivity index (χ4v) is 2.38. The molecule has 1 heterocycles. The van der Waals surface area contributed by atoms with E-state index < -0.39 is 0 Å². The summed E-state index contributed by atoms with van der Waals surface area (Å²) in [4.78, 5) is 2.59. The average Bonchev–Trinajstić information content (AvgIpc) is 3.26. The van der Waals surface area contributed by atoms with Crippen LogP contribution in [0, 0.1) is 5.92 Å². The third-order valence-corrected chi connectivity index (χ3v) is 3.78. The first-order valence-electron chi connectivity index (χ1n) is 7.24. The first-order valence-corrected chi connectivity index (χ1v) is 7.24. The Kier molecular flexibility index (Phi) is 3.66. The van der Waals surface area contributed by atoms with Gasteiger partial charge in [-0.3, -0.25) is 4.90 Å². The first kappa shape index (κ1) is 12.2. The minimum absolute atomic E-state index is 0.812. The fraction of sp³-hybridized carbons (Fsp3) is 0.786. The van der Waals surface area contributed by atoms with E-state index in [0.29, 0.717) is 0 Å². The van der Waals surface area contributed by atoms with E-state index >= 15 is 0 Å². The maximum absolute atomic E-state index is 5.44. The Morgan fingerprint density at radius 2 is 2.22 bits per heavy atom. The molecule has 1 aromatic heterocycles. The summed E-state index contributed by atoms with van der Waals surface area (Å²) in [5.41, 5.74) is 1.02. The Morgan fingerprint density at radius 3 is 2.89 bits per heavy atom. The molecule has 0 radical (unpaired) electrons. The lowest BCUT2D eigenvalue weighted by atomic mass is 10.3. The molecule has 0 aliphatic heterocycles. The van der Waals surface area contributed by atoms with Crippen LogP contribution in [0.1, 0.15) is 44.1 Å². The van der Waals surface area contributed by atoms with Crippen molar-refractivity contribution in [3.8, 4) is 0 Å². The summed E-state index contributed by atoms with van der Waals surface area (Å²) in [5, 5.41) is 7.39. The van der Waals surface area contributed by atoms with Gasteiger partial charge in [-0.1, -0.05) is 12.1 Å². The van der Waals surface area contributed by atoms with Crippen molar-refractivity contribution in [2.75, 3.05) is 13.1 Å². The molecule has 18 heavy (non-hydrogen) atoms. The zero-order valence-corrected chi connectivity index (χ0v) is 11.2. The number of nitrogens with one attached hydrogen (secondary N) is 1. The van der Waals surface area contributed by atoms with E-state index in [1.54, 1.807) is 0 Å². The monoisotopic (exact) mass is 249 g/mol. The molecule has 0 bridgehead atoms. The van der Waals surface area contributed by atoms with Crippen molar-refractivity contribution in [2.24, 2.45) is 5.92 Å². The van der Waals surface area contributed by atoms with Gasteiger partial charge in [-0.05, 0) is 38.1 Å². The van der Waals surface area contributed by atoms with Crippen molar-refractivity contribution >= 4 is 0 Å².